The van der Waals surface area contributed by atoms with Gasteiger partial charge >= 0.3 is 10.2 Å². The molecule has 7 heavy (non-hydrogen) atoms. The Morgan fingerprint density at radius 3 is 1.86 bits per heavy atom. The van der Waals surface area contributed by atoms with E-state index in [1.807, 2.05) is 4.52 Å². The van der Waals surface area contributed by atoms with Gasteiger partial charge in [-0.15, -0.1) is 4.91 Å². The van der Waals surface area contributed by atoms with Crippen LogP contribution in [0, 0.1) is 10.4 Å². The molecular formula is HN3O3S. The van der Waals surface area contributed by atoms with Gasteiger partial charge in [0, 0.05) is 0 Å². The molecule has 0 radical (unpaired) electrons. The van der Waals surface area contributed by atoms with Crippen LogP contribution in [0.4, 0.5) is 0 Å². The Bertz CT molecular complexity index is 151. The molecule has 0 unspecified atom stereocenters. The van der Waals surface area contributed by atoms with E-state index in [4.69, 9.17) is 10.4 Å². The molecule has 1 N–H and O–H groups in total. The Hall–Kier alpha value is -0.850. The standard InChI is InChI=1S/HN3O3S/c1-2-7(5,6)3-4/h1H. The van der Waals surface area contributed by atoms with Crippen molar-refractivity contribution in [2.45, 2.75) is 0 Å². The highest BCUT2D eigenvalue weighted by atomic mass is 32.2. The van der Waals surface area contributed by atoms with Crippen molar-refractivity contribution in [3.8, 4) is 0 Å². The summed E-state index contributed by atoms with van der Waals surface area (Å²) in [6.07, 6.45) is 0. The first-order valence-corrected chi connectivity index (χ1v) is 2.50. The van der Waals surface area contributed by atoms with Gasteiger partial charge in [-0.1, -0.05) is 0 Å². The van der Waals surface area contributed by atoms with Crippen LogP contribution >= 0.6 is 0 Å². The van der Waals surface area contributed by atoms with Gasteiger partial charge in [-0.25, -0.2) is 0 Å². The third-order valence-electron chi connectivity index (χ3n) is 0.210. The Morgan fingerprint density at radius 2 is 1.86 bits per heavy atom. The molecule has 0 aliphatic carbocycles. The van der Waals surface area contributed by atoms with E-state index in [0.717, 1.165) is 0 Å². The molecule has 0 spiro atoms. The highest BCUT2D eigenvalue weighted by Gasteiger charge is 2.01. The Morgan fingerprint density at radius 1 is 1.43 bits per heavy atom. The molecule has 0 amide bonds. The highest BCUT2D eigenvalue weighted by Crippen LogP contribution is 1.87. The monoisotopic (exact) mass is 123 g/mol. The summed E-state index contributed by atoms with van der Waals surface area (Å²) in [6, 6.07) is 0. The lowest BCUT2D eigenvalue weighted by molar-refractivity contribution is 0.595. The van der Waals surface area contributed by atoms with Crippen molar-refractivity contribution >= 4 is 10.2 Å². The van der Waals surface area contributed by atoms with Gasteiger partial charge in [-0.3, -0.25) is 0 Å². The second-order valence-corrected chi connectivity index (χ2v) is 1.84. The summed E-state index contributed by atoms with van der Waals surface area (Å²) in [5, 5.41) is 0. The minimum absolute atomic E-state index is 1.51. The number of hydrogen-bond acceptors (Lipinski definition) is 4. The fourth-order valence-corrected chi connectivity index (χ4v) is 0.0500. The average Bonchev–Trinajstić information content (AvgIpc) is 1.68. The van der Waals surface area contributed by atoms with Gasteiger partial charge in [-0.2, -0.15) is 13.9 Å². The third kappa shape index (κ3) is 1.93. The first-order chi connectivity index (χ1) is 3.12. The van der Waals surface area contributed by atoms with Crippen molar-refractivity contribution in [3.63, 3.8) is 0 Å². The van der Waals surface area contributed by atoms with Crippen LogP contribution < -0.4 is 0 Å². The Labute approximate surface area is 39.2 Å². The van der Waals surface area contributed by atoms with Crippen LogP contribution in [0.15, 0.2) is 9.10 Å². The summed E-state index contributed by atoms with van der Waals surface area (Å²) < 4.78 is 22.5. The second kappa shape index (κ2) is 1.73. The summed E-state index contributed by atoms with van der Waals surface area (Å²) in [5.74, 6) is 0. The van der Waals surface area contributed by atoms with Gasteiger partial charge in [0.05, 0.1) is 4.58 Å². The molecule has 0 bridgehead atoms. The molecular weight excluding hydrogens is 122 g/mol. The first-order valence-electron chi connectivity index (χ1n) is 1.10. The number of nitroso groups, excluding NO2 is 1. The number of rotatable bonds is 2. The van der Waals surface area contributed by atoms with Gasteiger partial charge in [0.1, 0.15) is 0 Å². The van der Waals surface area contributed by atoms with Crippen molar-refractivity contribution < 1.29 is 8.42 Å². The number of nitrogens with zero attached hydrogens (tertiary/aromatic N) is 2. The van der Waals surface area contributed by atoms with Gasteiger partial charge in [0.25, 0.3) is 0 Å². The maximum atomic E-state index is 9.53. The molecule has 0 saturated carbocycles. The van der Waals surface area contributed by atoms with E-state index in [0.29, 0.717) is 0 Å². The van der Waals surface area contributed by atoms with Crippen LogP contribution in [0.2, 0.25) is 0 Å². The summed E-state index contributed by atoms with van der Waals surface area (Å²) in [7, 11) is -4.30. The molecule has 6 nitrogen and oxygen atoms in total. The molecule has 0 aromatic rings. The molecule has 0 aromatic carbocycles. The van der Waals surface area contributed by atoms with E-state index < -0.39 is 10.2 Å². The molecule has 0 saturated heterocycles. The minimum Gasteiger partial charge on any atom is -0.191 e. The normalized spacial score (nSPS) is 10.3. The third-order valence-corrected chi connectivity index (χ3v) is 0.629. The lowest BCUT2D eigenvalue weighted by Gasteiger charge is -1.69. The summed E-state index contributed by atoms with van der Waals surface area (Å²) >= 11 is 0. The van der Waals surface area contributed by atoms with Crippen molar-refractivity contribution in [3.05, 3.63) is 4.91 Å². The maximum absolute atomic E-state index is 9.53. The zero-order chi connectivity index (χ0) is 5.91. The zero-order valence-electron chi connectivity index (χ0n) is 3.03. The SMILES string of the molecule is N=NS(=O)(=O)N=O. The lowest BCUT2D eigenvalue weighted by atomic mass is 13.3. The molecule has 0 rings (SSSR count). The van der Waals surface area contributed by atoms with Crippen LogP contribution in [0.1, 0.15) is 0 Å². The highest BCUT2D eigenvalue weighted by molar-refractivity contribution is 7.88. The fourth-order valence-electron chi connectivity index (χ4n) is 0.0167. The van der Waals surface area contributed by atoms with E-state index in [1.165, 1.54) is 4.58 Å². The topological polar surface area (TPSA) is 99.8 Å². The van der Waals surface area contributed by atoms with Gasteiger partial charge < -0.3 is 0 Å². The molecule has 0 heterocycles. The van der Waals surface area contributed by atoms with E-state index in [2.05, 4.69) is 0 Å². The van der Waals surface area contributed by atoms with E-state index in [1.54, 1.807) is 0 Å². The Kier molecular flexibility index (Phi) is 1.52. The van der Waals surface area contributed by atoms with Crippen LogP contribution in [-0.2, 0) is 10.2 Å². The fraction of sp³-hybridized carbons (Fsp3) is 0. The molecule has 0 fully saturated rings. The summed E-state index contributed by atoms with van der Waals surface area (Å²) in [6.45, 7) is 0. The van der Waals surface area contributed by atoms with Gasteiger partial charge in [0.15, 0.2) is 0 Å². The van der Waals surface area contributed by atoms with Crippen LogP contribution in [0.25, 0.3) is 0 Å². The van der Waals surface area contributed by atoms with Crippen molar-refractivity contribution in [2.24, 2.45) is 9.10 Å². The minimum atomic E-state index is -4.30. The van der Waals surface area contributed by atoms with E-state index in [-0.39, 0.29) is 0 Å². The van der Waals surface area contributed by atoms with E-state index in [9.17, 15) is 8.42 Å². The molecule has 0 aromatic heterocycles. The van der Waals surface area contributed by atoms with Crippen LogP contribution in [0.3, 0.4) is 0 Å². The van der Waals surface area contributed by atoms with Crippen LogP contribution in [0.5, 0.6) is 0 Å². The van der Waals surface area contributed by atoms with Crippen molar-refractivity contribution in [1.29, 1.82) is 5.53 Å². The summed E-state index contributed by atoms with van der Waals surface area (Å²) in [4.78, 5) is 9.01. The smallest absolute Gasteiger partial charge is 0.191 e. The molecule has 0 atom stereocenters. The average molecular weight is 123 g/mol. The first kappa shape index (κ1) is 6.15. The van der Waals surface area contributed by atoms with Crippen molar-refractivity contribution in [2.75, 3.05) is 0 Å². The summed E-state index contributed by atoms with van der Waals surface area (Å²) in [5.41, 5.74) is 5.75. The van der Waals surface area contributed by atoms with Gasteiger partial charge in [-0.05, 0) is 4.52 Å². The van der Waals surface area contributed by atoms with Crippen molar-refractivity contribution in [1.82, 2.24) is 0 Å². The number of hydrogen-bond donors (Lipinski definition) is 1. The lowest BCUT2D eigenvalue weighted by Crippen LogP contribution is -1.82. The maximum Gasteiger partial charge on any atom is 0.414 e. The molecule has 0 aliphatic heterocycles. The zero-order valence-corrected chi connectivity index (χ0v) is 3.84. The van der Waals surface area contributed by atoms with Gasteiger partial charge in [0.2, 0.25) is 0 Å². The second-order valence-electron chi connectivity index (χ2n) is 0.614. The van der Waals surface area contributed by atoms with Crippen LogP contribution in [-0.4, -0.2) is 8.42 Å². The Balaban J connectivity index is 4.49. The largest absolute Gasteiger partial charge is 0.414 e. The molecule has 40 valence electrons. The molecule has 7 heteroatoms. The number of nitrogens with one attached hydrogen (secondary N) is 1. The predicted octanol–water partition coefficient (Wildman–Crippen LogP) is 0.0286. The predicted molar refractivity (Wildman–Crippen MR) is 19.9 cm³/mol. The molecule has 0 aliphatic rings. The quantitative estimate of drug-likeness (QED) is 0.414. The van der Waals surface area contributed by atoms with E-state index >= 15 is 0 Å².